The molecule has 218 valence electrons. The smallest absolute Gasteiger partial charge is 0.407 e. The number of halogens is 2. The van der Waals surface area contributed by atoms with E-state index in [1.165, 1.54) is 0 Å². The number of carbonyl (C=O) groups is 1. The third kappa shape index (κ3) is 7.19. The lowest BCUT2D eigenvalue weighted by Crippen LogP contribution is -2.45. The Kier molecular flexibility index (Phi) is 8.79. The van der Waals surface area contributed by atoms with Gasteiger partial charge in [0.2, 0.25) is 11.9 Å². The molecule has 2 aliphatic heterocycles. The third-order valence-electron chi connectivity index (χ3n) is 7.23. The number of nitrogens with two attached hydrogens (primary N) is 1. The van der Waals surface area contributed by atoms with Crippen LogP contribution in [0.5, 0.6) is 5.75 Å². The number of aromatic nitrogens is 2. The fraction of sp³-hybridized carbons (Fsp3) is 0.556. The Morgan fingerprint density at radius 1 is 1.20 bits per heavy atom. The number of oxime groups is 1. The van der Waals surface area contributed by atoms with Crippen LogP contribution in [0.25, 0.3) is 0 Å². The zero-order valence-electron chi connectivity index (χ0n) is 23.2. The van der Waals surface area contributed by atoms with Crippen molar-refractivity contribution in [1.29, 1.82) is 0 Å². The normalized spacial score (nSPS) is 21.3. The molecule has 4 rings (SSSR count). The predicted octanol–water partition coefficient (Wildman–Crippen LogP) is 3.44. The second kappa shape index (κ2) is 12.1. The zero-order chi connectivity index (χ0) is 29.0. The summed E-state index contributed by atoms with van der Waals surface area (Å²) in [6, 6.07) is 2.73. The summed E-state index contributed by atoms with van der Waals surface area (Å²) in [5.41, 5.74) is 5.13. The van der Waals surface area contributed by atoms with Gasteiger partial charge in [0.15, 0.2) is 5.75 Å². The van der Waals surface area contributed by atoms with Gasteiger partial charge in [0.25, 0.3) is 0 Å². The van der Waals surface area contributed by atoms with E-state index in [0.717, 1.165) is 31.0 Å². The Morgan fingerprint density at radius 3 is 2.50 bits per heavy atom. The summed E-state index contributed by atoms with van der Waals surface area (Å²) in [5.74, 6) is -0.397. The van der Waals surface area contributed by atoms with Crippen molar-refractivity contribution in [1.82, 2.24) is 20.2 Å². The average molecular weight is 562 g/mol. The van der Waals surface area contributed by atoms with Gasteiger partial charge in [-0.2, -0.15) is 0 Å². The first kappa shape index (κ1) is 29.1. The van der Waals surface area contributed by atoms with Gasteiger partial charge in [0, 0.05) is 32.1 Å². The predicted molar refractivity (Wildman–Crippen MR) is 144 cm³/mol. The zero-order valence-corrected chi connectivity index (χ0v) is 23.2. The quantitative estimate of drug-likeness (QED) is 0.210. The minimum atomic E-state index is -0.712. The van der Waals surface area contributed by atoms with Crippen molar-refractivity contribution in [2.75, 3.05) is 31.1 Å². The maximum absolute atomic E-state index is 14.7. The number of nitrogens with one attached hydrogen (secondary N) is 1. The second-order valence-electron chi connectivity index (χ2n) is 11.3. The van der Waals surface area contributed by atoms with Crippen molar-refractivity contribution < 1.29 is 28.3 Å². The molecular weight excluding hydrogens is 524 g/mol. The van der Waals surface area contributed by atoms with E-state index in [2.05, 4.69) is 20.4 Å². The van der Waals surface area contributed by atoms with Crippen molar-refractivity contribution in [3.63, 3.8) is 0 Å². The summed E-state index contributed by atoms with van der Waals surface area (Å²) >= 11 is 0. The number of amides is 1. The molecule has 1 aromatic heterocycles. The van der Waals surface area contributed by atoms with E-state index in [0.29, 0.717) is 24.8 Å². The van der Waals surface area contributed by atoms with Gasteiger partial charge in [-0.25, -0.2) is 23.5 Å². The number of guanidine groups is 1. The molecule has 3 heterocycles. The van der Waals surface area contributed by atoms with Crippen LogP contribution in [0.2, 0.25) is 0 Å². The van der Waals surface area contributed by atoms with Crippen LogP contribution in [-0.2, 0) is 4.74 Å². The molecule has 0 saturated carbocycles. The molecule has 1 aromatic carbocycles. The van der Waals surface area contributed by atoms with Gasteiger partial charge in [-0.05, 0) is 70.2 Å². The number of benzene rings is 1. The van der Waals surface area contributed by atoms with E-state index in [1.54, 1.807) is 33.2 Å². The number of ether oxygens (including phenoxy) is 2. The number of piperidine rings is 1. The molecule has 0 radical (unpaired) electrons. The summed E-state index contributed by atoms with van der Waals surface area (Å²) < 4.78 is 40.3. The van der Waals surface area contributed by atoms with Gasteiger partial charge in [-0.3, -0.25) is 0 Å². The number of hydrogen-bond acceptors (Lipinski definition) is 8. The SMILES string of the molecule is C[C@H](Oc1cnc(N2C[C@H](NC(=O)OC(C)(C)C)[C@@H](c3cc(F)ccc3F)C2)nc1)C1CCN(/C(N)=N/O)CC1. The van der Waals surface area contributed by atoms with Gasteiger partial charge < -0.3 is 35.5 Å². The van der Waals surface area contributed by atoms with Crippen LogP contribution in [-0.4, -0.2) is 76.1 Å². The molecule has 2 aliphatic rings. The molecule has 0 spiro atoms. The van der Waals surface area contributed by atoms with Crippen molar-refractivity contribution >= 4 is 18.0 Å². The van der Waals surface area contributed by atoms with Gasteiger partial charge >= 0.3 is 6.09 Å². The van der Waals surface area contributed by atoms with Crippen molar-refractivity contribution in [2.45, 2.75) is 64.2 Å². The van der Waals surface area contributed by atoms with E-state index in [-0.39, 0.29) is 36.6 Å². The number of likely N-dealkylation sites (tertiary alicyclic amines) is 1. The first-order valence-electron chi connectivity index (χ1n) is 13.3. The standard InChI is InChI=1S/C27H37F2N7O4/c1-16(17-7-9-35(10-8-17)24(30)34-38)39-19-12-31-25(32-13-19)36-14-21(20-11-18(28)5-6-22(20)29)23(15-36)33-26(37)40-27(2,3)4/h5-6,11-13,16-17,21,23,38H,7-10,14-15H2,1-4H3,(H2,30,34)(H,33,37)/t16-,21+,23-/m0/s1. The van der Waals surface area contributed by atoms with Gasteiger partial charge in [-0.1, -0.05) is 5.16 Å². The van der Waals surface area contributed by atoms with Crippen LogP contribution in [0.4, 0.5) is 19.5 Å². The van der Waals surface area contributed by atoms with Crippen LogP contribution < -0.4 is 20.7 Å². The Hall–Kier alpha value is -3.90. The number of rotatable bonds is 6. The van der Waals surface area contributed by atoms with E-state index in [4.69, 9.17) is 20.4 Å². The molecule has 11 nitrogen and oxygen atoms in total. The Balaban J connectivity index is 1.43. The highest BCUT2D eigenvalue weighted by Gasteiger charge is 2.38. The van der Waals surface area contributed by atoms with Crippen molar-refractivity contribution in [2.24, 2.45) is 16.8 Å². The lowest BCUT2D eigenvalue weighted by Gasteiger charge is -2.34. The number of nitrogens with zero attached hydrogens (tertiary/aromatic N) is 5. The van der Waals surface area contributed by atoms with E-state index < -0.39 is 35.3 Å². The molecule has 3 atom stereocenters. The van der Waals surface area contributed by atoms with Gasteiger partial charge in [0.05, 0.1) is 24.5 Å². The van der Waals surface area contributed by atoms with Gasteiger partial charge in [0.1, 0.15) is 17.2 Å². The molecule has 2 aromatic rings. The first-order chi connectivity index (χ1) is 18.9. The monoisotopic (exact) mass is 561 g/mol. The Morgan fingerprint density at radius 2 is 1.88 bits per heavy atom. The highest BCUT2D eigenvalue weighted by molar-refractivity contribution is 5.77. The highest BCUT2D eigenvalue weighted by atomic mass is 19.1. The minimum absolute atomic E-state index is 0.0987. The molecule has 0 unspecified atom stereocenters. The summed E-state index contributed by atoms with van der Waals surface area (Å²) in [4.78, 5) is 25.1. The highest BCUT2D eigenvalue weighted by Crippen LogP contribution is 2.32. The molecule has 1 amide bonds. The number of carbonyl (C=O) groups excluding carboxylic acids is 1. The number of anilines is 1. The van der Waals surface area contributed by atoms with Crippen molar-refractivity contribution in [3.8, 4) is 5.75 Å². The van der Waals surface area contributed by atoms with Crippen LogP contribution >= 0.6 is 0 Å². The van der Waals surface area contributed by atoms with Crippen LogP contribution in [0, 0.1) is 17.6 Å². The van der Waals surface area contributed by atoms with Crippen LogP contribution in [0.15, 0.2) is 35.7 Å². The lowest BCUT2D eigenvalue weighted by atomic mass is 9.92. The average Bonchev–Trinajstić information content (AvgIpc) is 3.32. The van der Waals surface area contributed by atoms with E-state index >= 15 is 0 Å². The maximum atomic E-state index is 14.7. The van der Waals surface area contributed by atoms with E-state index in [1.807, 2.05) is 16.7 Å². The topological polar surface area (TPSA) is 138 Å². The molecular formula is C27H37F2N7O4. The minimum Gasteiger partial charge on any atom is -0.487 e. The molecule has 2 saturated heterocycles. The molecule has 40 heavy (non-hydrogen) atoms. The van der Waals surface area contributed by atoms with Crippen LogP contribution in [0.1, 0.15) is 52.0 Å². The Labute approximate surface area is 232 Å². The Bertz CT molecular complexity index is 1200. The molecule has 2 fully saturated rings. The third-order valence-corrected chi connectivity index (χ3v) is 7.23. The molecule has 0 bridgehead atoms. The summed E-state index contributed by atoms with van der Waals surface area (Å²) in [6.07, 6.45) is 4.07. The second-order valence-corrected chi connectivity index (χ2v) is 11.3. The molecule has 0 aliphatic carbocycles. The lowest BCUT2D eigenvalue weighted by molar-refractivity contribution is 0.0504. The summed E-state index contributed by atoms with van der Waals surface area (Å²) in [5, 5.41) is 14.7. The number of hydrogen-bond donors (Lipinski definition) is 3. The van der Waals surface area contributed by atoms with Crippen molar-refractivity contribution in [3.05, 3.63) is 47.8 Å². The first-order valence-corrected chi connectivity index (χ1v) is 13.3. The largest absolute Gasteiger partial charge is 0.487 e. The molecule has 13 heteroatoms. The fourth-order valence-electron chi connectivity index (χ4n) is 5.19. The molecule has 4 N–H and O–H groups in total. The van der Waals surface area contributed by atoms with Crippen LogP contribution in [0.3, 0.4) is 0 Å². The number of alkyl carbamates (subject to hydrolysis) is 1. The fourth-order valence-corrected chi connectivity index (χ4v) is 5.19. The summed E-state index contributed by atoms with van der Waals surface area (Å²) in [7, 11) is 0. The maximum Gasteiger partial charge on any atom is 0.407 e. The summed E-state index contributed by atoms with van der Waals surface area (Å²) in [6.45, 7) is 9.12. The van der Waals surface area contributed by atoms with Gasteiger partial charge in [-0.15, -0.1) is 0 Å². The van der Waals surface area contributed by atoms with E-state index in [9.17, 15) is 13.6 Å².